The van der Waals surface area contributed by atoms with Gasteiger partial charge in [0.2, 0.25) is 5.91 Å². The van der Waals surface area contributed by atoms with Crippen LogP contribution in [0.25, 0.3) is 0 Å². The molecule has 4 heteroatoms. The second-order valence-electron chi connectivity index (χ2n) is 3.42. The first-order chi connectivity index (χ1) is 6.25. The third-order valence-corrected chi connectivity index (χ3v) is 3.01. The fraction of sp³-hybridized carbons (Fsp3) is 0.889. The first kappa shape index (κ1) is 10.9. The van der Waals surface area contributed by atoms with Gasteiger partial charge in [0.1, 0.15) is 0 Å². The van der Waals surface area contributed by atoms with Crippen molar-refractivity contribution in [2.75, 3.05) is 25.1 Å². The van der Waals surface area contributed by atoms with E-state index in [0.29, 0.717) is 0 Å². The highest BCUT2D eigenvalue weighted by atomic mass is 32.2. The minimum absolute atomic E-state index is 0.145. The van der Waals surface area contributed by atoms with E-state index < -0.39 is 0 Å². The van der Waals surface area contributed by atoms with Gasteiger partial charge in [-0.25, -0.2) is 0 Å². The number of amides is 1. The molecule has 1 atom stereocenters. The molecule has 2 N–H and O–H groups in total. The Kier molecular flexibility index (Phi) is 4.59. The molecule has 3 nitrogen and oxygen atoms in total. The fourth-order valence-corrected chi connectivity index (χ4v) is 2.03. The van der Waals surface area contributed by atoms with Gasteiger partial charge in [0.05, 0.1) is 6.04 Å². The number of nitrogens with zero attached hydrogens (tertiary/aromatic N) is 1. The lowest BCUT2D eigenvalue weighted by Gasteiger charge is -2.19. The van der Waals surface area contributed by atoms with Crippen molar-refractivity contribution in [3.05, 3.63) is 0 Å². The van der Waals surface area contributed by atoms with Gasteiger partial charge in [-0.05, 0) is 31.3 Å². The molecule has 1 rings (SSSR count). The Morgan fingerprint density at radius 1 is 1.54 bits per heavy atom. The average molecular weight is 202 g/mol. The van der Waals surface area contributed by atoms with Crippen LogP contribution in [0, 0.1) is 0 Å². The Hall–Kier alpha value is -0.220. The number of likely N-dealkylation sites (tertiary alicyclic amines) is 1. The zero-order valence-corrected chi connectivity index (χ0v) is 8.98. The van der Waals surface area contributed by atoms with Crippen LogP contribution in [0.15, 0.2) is 0 Å². The summed E-state index contributed by atoms with van der Waals surface area (Å²) in [4.78, 5) is 13.5. The molecule has 0 spiro atoms. The van der Waals surface area contributed by atoms with Gasteiger partial charge >= 0.3 is 0 Å². The summed E-state index contributed by atoms with van der Waals surface area (Å²) < 4.78 is 0. The number of rotatable bonds is 4. The monoisotopic (exact) mass is 202 g/mol. The molecule has 1 amide bonds. The number of carbonyl (C=O) groups is 1. The van der Waals surface area contributed by atoms with Gasteiger partial charge in [-0.1, -0.05) is 0 Å². The largest absolute Gasteiger partial charge is 0.341 e. The maximum atomic E-state index is 11.6. The Morgan fingerprint density at radius 2 is 2.15 bits per heavy atom. The summed E-state index contributed by atoms with van der Waals surface area (Å²) in [6.07, 6.45) is 5.12. The summed E-state index contributed by atoms with van der Waals surface area (Å²) in [6, 6.07) is -0.273. The molecule has 0 unspecified atom stereocenters. The van der Waals surface area contributed by atoms with Gasteiger partial charge in [-0.15, -0.1) is 0 Å². The third kappa shape index (κ3) is 3.19. The fourth-order valence-electron chi connectivity index (χ4n) is 1.54. The maximum Gasteiger partial charge on any atom is 0.239 e. The number of thioether (sulfide) groups is 1. The highest BCUT2D eigenvalue weighted by molar-refractivity contribution is 7.98. The highest BCUT2D eigenvalue weighted by Crippen LogP contribution is 2.10. The smallest absolute Gasteiger partial charge is 0.239 e. The van der Waals surface area contributed by atoms with Crippen LogP contribution in [-0.2, 0) is 4.79 Å². The molecular formula is C9H18N2OS. The van der Waals surface area contributed by atoms with Crippen LogP contribution in [0.5, 0.6) is 0 Å². The first-order valence-corrected chi connectivity index (χ1v) is 6.18. The Labute approximate surface area is 84.0 Å². The molecule has 0 aliphatic carbocycles. The number of hydrogen-bond donors (Lipinski definition) is 1. The predicted molar refractivity (Wildman–Crippen MR) is 56.8 cm³/mol. The van der Waals surface area contributed by atoms with Crippen molar-refractivity contribution in [1.29, 1.82) is 0 Å². The van der Waals surface area contributed by atoms with E-state index in [1.165, 1.54) is 0 Å². The lowest BCUT2D eigenvalue weighted by Crippen LogP contribution is -2.42. The molecule has 1 heterocycles. The summed E-state index contributed by atoms with van der Waals surface area (Å²) in [5.41, 5.74) is 5.78. The molecule has 0 saturated carbocycles. The summed E-state index contributed by atoms with van der Waals surface area (Å²) in [6.45, 7) is 1.82. The summed E-state index contributed by atoms with van der Waals surface area (Å²) in [5.74, 6) is 1.12. The van der Waals surface area contributed by atoms with Crippen LogP contribution in [-0.4, -0.2) is 41.9 Å². The molecule has 0 aromatic heterocycles. The van der Waals surface area contributed by atoms with Crippen molar-refractivity contribution >= 4 is 17.7 Å². The van der Waals surface area contributed by atoms with Crippen molar-refractivity contribution in [2.24, 2.45) is 5.73 Å². The van der Waals surface area contributed by atoms with E-state index in [1.54, 1.807) is 11.8 Å². The Morgan fingerprint density at radius 3 is 2.69 bits per heavy atom. The molecule has 0 bridgehead atoms. The van der Waals surface area contributed by atoms with E-state index in [1.807, 2.05) is 11.2 Å². The molecule has 13 heavy (non-hydrogen) atoms. The van der Waals surface area contributed by atoms with Crippen LogP contribution < -0.4 is 5.73 Å². The summed E-state index contributed by atoms with van der Waals surface area (Å²) in [5, 5.41) is 0. The van der Waals surface area contributed by atoms with Crippen molar-refractivity contribution in [1.82, 2.24) is 4.90 Å². The van der Waals surface area contributed by atoms with Gasteiger partial charge in [0, 0.05) is 13.1 Å². The van der Waals surface area contributed by atoms with E-state index in [0.717, 1.165) is 38.1 Å². The van der Waals surface area contributed by atoms with Gasteiger partial charge < -0.3 is 10.6 Å². The number of carbonyl (C=O) groups excluding carboxylic acids is 1. The van der Waals surface area contributed by atoms with Gasteiger partial charge in [-0.3, -0.25) is 4.79 Å². The SMILES string of the molecule is CSCC[C@@H](N)C(=O)N1CCCC1. The molecule has 0 aromatic carbocycles. The standard InChI is InChI=1S/C9H18N2OS/c1-13-7-4-8(10)9(12)11-5-2-3-6-11/h8H,2-7,10H2,1H3/t8-/m1/s1. The average Bonchev–Trinajstić information content (AvgIpc) is 2.65. The zero-order chi connectivity index (χ0) is 9.68. The van der Waals surface area contributed by atoms with Gasteiger partial charge in [0.25, 0.3) is 0 Å². The van der Waals surface area contributed by atoms with Crippen molar-refractivity contribution in [3.63, 3.8) is 0 Å². The molecule has 1 saturated heterocycles. The van der Waals surface area contributed by atoms with E-state index in [9.17, 15) is 4.79 Å². The highest BCUT2D eigenvalue weighted by Gasteiger charge is 2.22. The number of hydrogen-bond acceptors (Lipinski definition) is 3. The van der Waals surface area contributed by atoms with E-state index in [4.69, 9.17) is 5.73 Å². The summed E-state index contributed by atoms with van der Waals surface area (Å²) in [7, 11) is 0. The second kappa shape index (κ2) is 5.50. The molecule has 1 aliphatic heterocycles. The molecule has 0 aromatic rings. The van der Waals surface area contributed by atoms with Crippen LogP contribution in [0.4, 0.5) is 0 Å². The van der Waals surface area contributed by atoms with Crippen LogP contribution in [0.1, 0.15) is 19.3 Å². The summed E-state index contributed by atoms with van der Waals surface area (Å²) >= 11 is 1.74. The Bertz CT molecular complexity index is 169. The van der Waals surface area contributed by atoms with Crippen molar-refractivity contribution < 1.29 is 4.79 Å². The van der Waals surface area contributed by atoms with Crippen molar-refractivity contribution in [3.8, 4) is 0 Å². The quantitative estimate of drug-likeness (QED) is 0.729. The van der Waals surface area contributed by atoms with Crippen LogP contribution in [0.3, 0.4) is 0 Å². The normalized spacial score (nSPS) is 19.1. The first-order valence-electron chi connectivity index (χ1n) is 4.79. The zero-order valence-electron chi connectivity index (χ0n) is 8.16. The van der Waals surface area contributed by atoms with E-state index in [2.05, 4.69) is 0 Å². The maximum absolute atomic E-state index is 11.6. The molecule has 1 fully saturated rings. The molecule has 1 aliphatic rings. The molecule has 0 radical (unpaired) electrons. The van der Waals surface area contributed by atoms with E-state index in [-0.39, 0.29) is 11.9 Å². The van der Waals surface area contributed by atoms with Gasteiger partial charge in [-0.2, -0.15) is 11.8 Å². The van der Waals surface area contributed by atoms with Crippen LogP contribution in [0.2, 0.25) is 0 Å². The lowest BCUT2D eigenvalue weighted by atomic mass is 10.2. The van der Waals surface area contributed by atoms with Gasteiger partial charge in [0.15, 0.2) is 0 Å². The third-order valence-electron chi connectivity index (χ3n) is 2.37. The Balaban J connectivity index is 2.28. The second-order valence-corrected chi connectivity index (χ2v) is 4.41. The molecular weight excluding hydrogens is 184 g/mol. The topological polar surface area (TPSA) is 46.3 Å². The minimum atomic E-state index is -0.273. The lowest BCUT2D eigenvalue weighted by molar-refractivity contribution is -0.131. The van der Waals surface area contributed by atoms with Crippen LogP contribution >= 0.6 is 11.8 Å². The minimum Gasteiger partial charge on any atom is -0.341 e. The number of nitrogens with two attached hydrogens (primary N) is 1. The predicted octanol–water partition coefficient (Wildman–Crippen LogP) is 0.689. The molecule has 76 valence electrons. The van der Waals surface area contributed by atoms with Crippen molar-refractivity contribution in [2.45, 2.75) is 25.3 Å². The van der Waals surface area contributed by atoms with E-state index >= 15 is 0 Å².